The third kappa shape index (κ3) is 5.11. The van der Waals surface area contributed by atoms with Crippen molar-refractivity contribution in [3.63, 3.8) is 0 Å². The molecular weight excluding hydrogens is 431 g/mol. The van der Waals surface area contributed by atoms with Gasteiger partial charge in [-0.1, -0.05) is 31.4 Å². The highest BCUT2D eigenvalue weighted by Crippen LogP contribution is 2.29. The minimum atomic E-state index is -3.90. The van der Waals surface area contributed by atoms with E-state index in [-0.39, 0.29) is 22.5 Å². The third-order valence-corrected chi connectivity index (χ3v) is 7.04. The molecule has 1 amide bonds. The van der Waals surface area contributed by atoms with Crippen molar-refractivity contribution in [2.45, 2.75) is 43.5 Å². The number of sulfonamides is 1. The normalized spacial score (nSPS) is 19.3. The molecule has 0 radical (unpaired) electrons. The van der Waals surface area contributed by atoms with Crippen LogP contribution in [0.25, 0.3) is 0 Å². The zero-order valence-corrected chi connectivity index (χ0v) is 18.3. The summed E-state index contributed by atoms with van der Waals surface area (Å²) >= 11 is 5.96. The van der Waals surface area contributed by atoms with Gasteiger partial charge in [-0.05, 0) is 55.2 Å². The number of ether oxygens (including phenoxy) is 1. The van der Waals surface area contributed by atoms with Gasteiger partial charge in [0.25, 0.3) is 5.91 Å². The Labute approximate surface area is 180 Å². The molecule has 0 heterocycles. The first-order valence-corrected chi connectivity index (χ1v) is 11.5. The van der Waals surface area contributed by atoms with Crippen LogP contribution in [0.4, 0.5) is 10.1 Å². The molecule has 0 spiro atoms. The molecule has 2 aromatic carbocycles. The van der Waals surface area contributed by atoms with Crippen molar-refractivity contribution in [3.8, 4) is 5.75 Å². The predicted octanol–water partition coefficient (Wildman–Crippen LogP) is 4.60. The van der Waals surface area contributed by atoms with Gasteiger partial charge in [0.2, 0.25) is 10.0 Å². The fourth-order valence-corrected chi connectivity index (χ4v) is 5.15. The van der Waals surface area contributed by atoms with Gasteiger partial charge in [0.15, 0.2) is 0 Å². The maximum Gasteiger partial charge on any atom is 0.258 e. The molecule has 3 rings (SSSR count). The van der Waals surface area contributed by atoms with Crippen LogP contribution in [0.5, 0.6) is 5.75 Å². The second-order valence-electron chi connectivity index (χ2n) is 7.43. The van der Waals surface area contributed by atoms with Crippen molar-refractivity contribution in [1.82, 2.24) is 4.72 Å². The summed E-state index contributed by atoms with van der Waals surface area (Å²) in [6.07, 6.45) is 3.73. The number of halogens is 2. The van der Waals surface area contributed by atoms with Crippen LogP contribution in [0.15, 0.2) is 41.3 Å². The van der Waals surface area contributed by atoms with Gasteiger partial charge >= 0.3 is 0 Å². The lowest BCUT2D eigenvalue weighted by Crippen LogP contribution is -2.41. The van der Waals surface area contributed by atoms with Gasteiger partial charge in [-0.2, -0.15) is 0 Å². The molecule has 1 aliphatic rings. The van der Waals surface area contributed by atoms with Crippen LogP contribution >= 0.6 is 11.6 Å². The average molecular weight is 455 g/mol. The molecule has 1 fully saturated rings. The van der Waals surface area contributed by atoms with Crippen molar-refractivity contribution in [3.05, 3.63) is 52.8 Å². The predicted molar refractivity (Wildman–Crippen MR) is 114 cm³/mol. The fraction of sp³-hybridized carbons (Fsp3) is 0.381. The van der Waals surface area contributed by atoms with Crippen LogP contribution in [-0.2, 0) is 10.0 Å². The Hall–Kier alpha value is -2.16. The highest BCUT2D eigenvalue weighted by Gasteiger charge is 2.28. The van der Waals surface area contributed by atoms with Crippen molar-refractivity contribution in [2.75, 3.05) is 12.4 Å². The van der Waals surface area contributed by atoms with E-state index in [1.807, 2.05) is 6.92 Å². The molecule has 2 atom stereocenters. The molecule has 6 nitrogen and oxygen atoms in total. The summed E-state index contributed by atoms with van der Waals surface area (Å²) < 4.78 is 47.9. The highest BCUT2D eigenvalue weighted by molar-refractivity contribution is 7.89. The first-order valence-electron chi connectivity index (χ1n) is 9.68. The molecule has 30 heavy (non-hydrogen) atoms. The molecular formula is C21H24ClFN2O4S. The van der Waals surface area contributed by atoms with Gasteiger partial charge in [0.05, 0.1) is 23.3 Å². The highest BCUT2D eigenvalue weighted by atomic mass is 35.5. The van der Waals surface area contributed by atoms with Crippen molar-refractivity contribution >= 4 is 33.2 Å². The Bertz CT molecular complexity index is 1050. The average Bonchev–Trinajstić information content (AvgIpc) is 2.70. The van der Waals surface area contributed by atoms with Gasteiger partial charge in [0.1, 0.15) is 11.6 Å². The molecule has 0 unspecified atom stereocenters. The Kier molecular flexibility index (Phi) is 7.00. The Morgan fingerprint density at radius 1 is 1.17 bits per heavy atom. The Balaban J connectivity index is 1.86. The molecule has 9 heteroatoms. The number of hydrogen-bond acceptors (Lipinski definition) is 4. The smallest absolute Gasteiger partial charge is 0.258 e. The third-order valence-electron chi connectivity index (χ3n) is 5.32. The number of methoxy groups -OCH3 is 1. The maximum absolute atomic E-state index is 14.4. The quantitative estimate of drug-likeness (QED) is 0.668. The van der Waals surface area contributed by atoms with Crippen LogP contribution in [0.3, 0.4) is 0 Å². The van der Waals surface area contributed by atoms with Crippen molar-refractivity contribution in [1.29, 1.82) is 0 Å². The SMILES string of the molecule is COc1ccc(Cl)cc1NC(=O)c1cc(S(=O)(=O)N[C@@H]2CCCC[C@@H]2C)ccc1F. The number of benzene rings is 2. The van der Waals surface area contributed by atoms with E-state index in [0.717, 1.165) is 43.9 Å². The summed E-state index contributed by atoms with van der Waals surface area (Å²) in [5.74, 6) is -1.09. The van der Waals surface area contributed by atoms with Crippen LogP contribution in [0.2, 0.25) is 5.02 Å². The lowest BCUT2D eigenvalue weighted by molar-refractivity contribution is 0.102. The molecule has 2 aromatic rings. The van der Waals surface area contributed by atoms with Crippen LogP contribution in [0, 0.1) is 11.7 Å². The number of carbonyl (C=O) groups excluding carboxylic acids is 1. The lowest BCUT2D eigenvalue weighted by Gasteiger charge is -2.29. The molecule has 162 valence electrons. The molecule has 0 aromatic heterocycles. The first kappa shape index (κ1) is 22.5. The van der Waals surface area contributed by atoms with Gasteiger partial charge in [-0.3, -0.25) is 4.79 Å². The lowest BCUT2D eigenvalue weighted by atomic mass is 9.87. The summed E-state index contributed by atoms with van der Waals surface area (Å²) in [4.78, 5) is 12.5. The number of nitrogens with one attached hydrogen (secondary N) is 2. The summed E-state index contributed by atoms with van der Waals surface area (Å²) in [6.45, 7) is 2.01. The van der Waals surface area contributed by atoms with E-state index >= 15 is 0 Å². The molecule has 0 aliphatic heterocycles. The van der Waals surface area contributed by atoms with Gasteiger partial charge in [0, 0.05) is 11.1 Å². The minimum Gasteiger partial charge on any atom is -0.495 e. The summed E-state index contributed by atoms with van der Waals surface area (Å²) in [5.41, 5.74) is -0.145. The summed E-state index contributed by atoms with van der Waals surface area (Å²) in [6, 6.07) is 7.60. The summed E-state index contributed by atoms with van der Waals surface area (Å²) in [5, 5.41) is 2.88. The molecule has 0 bridgehead atoms. The van der Waals surface area contributed by atoms with Crippen LogP contribution in [0.1, 0.15) is 43.0 Å². The minimum absolute atomic E-state index is 0.162. The molecule has 1 saturated carbocycles. The van der Waals surface area contributed by atoms with E-state index in [2.05, 4.69) is 10.0 Å². The van der Waals surface area contributed by atoms with Crippen molar-refractivity contribution < 1.29 is 22.3 Å². The van der Waals surface area contributed by atoms with Gasteiger partial charge < -0.3 is 10.1 Å². The zero-order valence-electron chi connectivity index (χ0n) is 16.7. The standard InChI is InChI=1S/C21H24ClFN2O4S/c1-13-5-3-4-6-18(13)25-30(27,28)15-8-9-17(23)16(12-15)21(26)24-19-11-14(22)7-10-20(19)29-2/h7-13,18,25H,3-6H2,1-2H3,(H,24,26)/t13-,18+/m0/s1. The fourth-order valence-electron chi connectivity index (χ4n) is 3.57. The monoisotopic (exact) mass is 454 g/mol. The number of amides is 1. The van der Waals surface area contributed by atoms with E-state index in [0.29, 0.717) is 10.8 Å². The van der Waals surface area contributed by atoms with E-state index < -0.39 is 27.3 Å². The topological polar surface area (TPSA) is 84.5 Å². The largest absolute Gasteiger partial charge is 0.495 e. The van der Waals surface area contributed by atoms with Crippen LogP contribution in [-0.4, -0.2) is 27.5 Å². The first-order chi connectivity index (χ1) is 14.2. The van der Waals surface area contributed by atoms with Crippen LogP contribution < -0.4 is 14.8 Å². The second kappa shape index (κ2) is 9.32. The Morgan fingerprint density at radius 3 is 2.60 bits per heavy atom. The Morgan fingerprint density at radius 2 is 1.90 bits per heavy atom. The van der Waals surface area contributed by atoms with E-state index in [4.69, 9.17) is 16.3 Å². The van der Waals surface area contributed by atoms with E-state index in [9.17, 15) is 17.6 Å². The zero-order chi connectivity index (χ0) is 21.9. The number of rotatable bonds is 6. The van der Waals surface area contributed by atoms with E-state index in [1.54, 1.807) is 12.1 Å². The number of hydrogen-bond donors (Lipinski definition) is 2. The molecule has 0 saturated heterocycles. The van der Waals surface area contributed by atoms with E-state index in [1.165, 1.54) is 13.2 Å². The molecule has 1 aliphatic carbocycles. The molecule has 2 N–H and O–H groups in total. The number of anilines is 1. The number of carbonyl (C=O) groups is 1. The summed E-state index contributed by atoms with van der Waals surface area (Å²) in [7, 11) is -2.48. The van der Waals surface area contributed by atoms with Gasteiger partial charge in [-0.15, -0.1) is 0 Å². The second-order valence-corrected chi connectivity index (χ2v) is 9.58. The van der Waals surface area contributed by atoms with Gasteiger partial charge in [-0.25, -0.2) is 17.5 Å². The van der Waals surface area contributed by atoms with Crippen molar-refractivity contribution in [2.24, 2.45) is 5.92 Å². The maximum atomic E-state index is 14.4.